The summed E-state index contributed by atoms with van der Waals surface area (Å²) in [5.41, 5.74) is 0.340. The molecule has 0 radical (unpaired) electrons. The second-order valence-corrected chi connectivity index (χ2v) is 6.16. The molecule has 0 atom stereocenters. The van der Waals surface area contributed by atoms with Gasteiger partial charge in [-0.2, -0.15) is 0 Å². The predicted molar refractivity (Wildman–Crippen MR) is 83.4 cm³/mol. The van der Waals surface area contributed by atoms with Crippen LogP contribution in [0, 0.1) is 0 Å². The maximum Gasteiger partial charge on any atom is 0.206 e. The second-order valence-electron chi connectivity index (χ2n) is 3.96. The Morgan fingerprint density at radius 3 is 2.90 bits per heavy atom. The maximum atomic E-state index is 12.0. The van der Waals surface area contributed by atoms with E-state index in [0.717, 1.165) is 0 Å². The molecule has 2 aromatic rings. The summed E-state index contributed by atoms with van der Waals surface area (Å²) in [6.45, 7) is 4.20. The van der Waals surface area contributed by atoms with Gasteiger partial charge in [0.15, 0.2) is 21.6 Å². The summed E-state index contributed by atoms with van der Waals surface area (Å²) in [7, 11) is 0. The zero-order valence-electron chi connectivity index (χ0n) is 10.9. The van der Waals surface area contributed by atoms with Crippen molar-refractivity contribution in [2.24, 2.45) is 0 Å². The number of phenols is 2. The lowest BCUT2D eigenvalue weighted by Crippen LogP contribution is -2.01. The quantitative estimate of drug-likeness (QED) is 0.312. The molecule has 21 heavy (non-hydrogen) atoms. The first-order valence-electron chi connectivity index (χ1n) is 5.96. The number of benzene rings is 1. The Bertz CT molecular complexity index is 658. The van der Waals surface area contributed by atoms with E-state index in [1.165, 1.54) is 41.3 Å². The topological polar surface area (TPSA) is 95.3 Å². The summed E-state index contributed by atoms with van der Waals surface area (Å²) in [5.74, 6) is -0.537. The fraction of sp³-hybridized carbons (Fsp3) is 0.154. The van der Waals surface area contributed by atoms with E-state index in [0.29, 0.717) is 21.6 Å². The lowest BCUT2D eigenvalue weighted by molar-refractivity contribution is 0.102. The van der Waals surface area contributed by atoms with Crippen molar-refractivity contribution in [2.45, 2.75) is 4.34 Å². The van der Waals surface area contributed by atoms with E-state index >= 15 is 0 Å². The van der Waals surface area contributed by atoms with Crippen molar-refractivity contribution in [3.8, 4) is 11.5 Å². The molecule has 110 valence electrons. The number of anilines is 1. The van der Waals surface area contributed by atoms with Gasteiger partial charge in [-0.25, -0.2) is 0 Å². The lowest BCUT2D eigenvalue weighted by atomic mass is 10.1. The lowest BCUT2D eigenvalue weighted by Gasteiger charge is -2.01. The van der Waals surface area contributed by atoms with Gasteiger partial charge in [-0.15, -0.1) is 16.8 Å². The van der Waals surface area contributed by atoms with Gasteiger partial charge in [0.2, 0.25) is 5.13 Å². The molecule has 0 saturated heterocycles. The first-order valence-corrected chi connectivity index (χ1v) is 7.76. The molecular formula is C13H13N3O3S2. The van der Waals surface area contributed by atoms with Crippen LogP contribution in [-0.2, 0) is 0 Å². The molecule has 1 aromatic heterocycles. The van der Waals surface area contributed by atoms with Crippen LogP contribution in [0.1, 0.15) is 10.4 Å². The van der Waals surface area contributed by atoms with Gasteiger partial charge in [0.1, 0.15) is 0 Å². The van der Waals surface area contributed by atoms with Crippen LogP contribution in [0.4, 0.5) is 5.13 Å². The van der Waals surface area contributed by atoms with Crippen LogP contribution in [-0.4, -0.2) is 38.5 Å². The molecule has 1 heterocycles. The molecular weight excluding hydrogens is 310 g/mol. The largest absolute Gasteiger partial charge is 0.504 e. The summed E-state index contributed by atoms with van der Waals surface area (Å²) >= 11 is 2.63. The highest BCUT2D eigenvalue weighted by atomic mass is 32.2. The predicted octanol–water partition coefficient (Wildman–Crippen LogP) is 2.52. The Balaban J connectivity index is 1.92. The standard InChI is InChI=1S/C13H13N3O3S2/c1-2-5-14-12-15-16-13(21-12)20-7-11(19)8-3-4-9(17)10(18)6-8/h2-4,6,17-18H,1,5,7H2,(H,14,15). The summed E-state index contributed by atoms with van der Waals surface area (Å²) in [6, 6.07) is 4.00. The number of rotatable bonds is 7. The normalized spacial score (nSPS) is 10.3. The number of nitrogens with one attached hydrogen (secondary N) is 1. The van der Waals surface area contributed by atoms with Gasteiger partial charge in [-0.3, -0.25) is 4.79 Å². The second kappa shape index (κ2) is 7.09. The zero-order valence-corrected chi connectivity index (χ0v) is 12.6. The molecule has 0 spiro atoms. The van der Waals surface area contributed by atoms with Gasteiger partial charge in [-0.05, 0) is 18.2 Å². The third kappa shape index (κ3) is 4.20. The minimum absolute atomic E-state index is 0.161. The molecule has 0 aliphatic carbocycles. The molecule has 0 fully saturated rings. The SMILES string of the molecule is C=CCNc1nnc(SCC(=O)c2ccc(O)c(O)c2)s1. The number of carbonyl (C=O) groups is 1. The molecule has 8 heteroatoms. The Morgan fingerprint density at radius 2 is 2.19 bits per heavy atom. The van der Waals surface area contributed by atoms with E-state index in [2.05, 4.69) is 22.1 Å². The fourth-order valence-corrected chi connectivity index (χ4v) is 3.06. The minimum atomic E-state index is -0.308. The zero-order chi connectivity index (χ0) is 15.2. The van der Waals surface area contributed by atoms with Crippen molar-refractivity contribution < 1.29 is 15.0 Å². The number of aromatic hydroxyl groups is 2. The summed E-state index contributed by atoms with van der Waals surface area (Å²) in [5, 5.41) is 30.2. The monoisotopic (exact) mass is 323 g/mol. The molecule has 3 N–H and O–H groups in total. The van der Waals surface area contributed by atoms with Crippen molar-refractivity contribution in [3.63, 3.8) is 0 Å². The van der Waals surface area contributed by atoms with Crippen LogP contribution >= 0.6 is 23.1 Å². The van der Waals surface area contributed by atoms with Crippen molar-refractivity contribution in [1.29, 1.82) is 0 Å². The first kappa shape index (κ1) is 15.3. The van der Waals surface area contributed by atoms with Crippen molar-refractivity contribution in [1.82, 2.24) is 10.2 Å². The molecule has 0 aliphatic rings. The van der Waals surface area contributed by atoms with Crippen LogP contribution in [0.2, 0.25) is 0 Å². The molecule has 0 saturated carbocycles. The summed E-state index contributed by atoms with van der Waals surface area (Å²) < 4.78 is 0.679. The Kier molecular flexibility index (Phi) is 5.18. The Hall–Kier alpha value is -2.06. The van der Waals surface area contributed by atoms with Gasteiger partial charge in [0.05, 0.1) is 5.75 Å². The smallest absolute Gasteiger partial charge is 0.206 e. The van der Waals surface area contributed by atoms with Gasteiger partial charge >= 0.3 is 0 Å². The van der Waals surface area contributed by atoms with Crippen molar-refractivity contribution >= 4 is 34.0 Å². The molecule has 6 nitrogen and oxygen atoms in total. The first-order chi connectivity index (χ1) is 10.1. The van der Waals surface area contributed by atoms with Gasteiger partial charge in [-0.1, -0.05) is 29.2 Å². The highest BCUT2D eigenvalue weighted by Crippen LogP contribution is 2.28. The maximum absolute atomic E-state index is 12.0. The molecule has 0 bridgehead atoms. The van der Waals surface area contributed by atoms with E-state index in [1.54, 1.807) is 6.08 Å². The van der Waals surface area contributed by atoms with Crippen LogP contribution in [0.3, 0.4) is 0 Å². The van der Waals surface area contributed by atoms with Crippen LogP contribution in [0.25, 0.3) is 0 Å². The van der Waals surface area contributed by atoms with E-state index in [1.807, 2.05) is 0 Å². The number of Topliss-reactive ketones (excluding diaryl/α,β-unsaturated/α-hetero) is 1. The number of hydrogen-bond acceptors (Lipinski definition) is 8. The highest BCUT2D eigenvalue weighted by molar-refractivity contribution is 8.01. The number of nitrogens with zero attached hydrogens (tertiary/aromatic N) is 2. The van der Waals surface area contributed by atoms with Crippen molar-refractivity contribution in [2.75, 3.05) is 17.6 Å². The Labute approximate surface area is 129 Å². The van der Waals surface area contributed by atoms with Crippen molar-refractivity contribution in [3.05, 3.63) is 36.4 Å². The van der Waals surface area contributed by atoms with E-state index < -0.39 is 0 Å². The molecule has 0 unspecified atom stereocenters. The molecule has 2 rings (SSSR count). The highest BCUT2D eigenvalue weighted by Gasteiger charge is 2.11. The van der Waals surface area contributed by atoms with E-state index in [4.69, 9.17) is 0 Å². The number of thioether (sulfide) groups is 1. The molecule has 0 aliphatic heterocycles. The third-order valence-corrected chi connectivity index (χ3v) is 4.44. The van der Waals surface area contributed by atoms with Crippen LogP contribution in [0.5, 0.6) is 11.5 Å². The van der Waals surface area contributed by atoms with Gasteiger partial charge < -0.3 is 15.5 Å². The minimum Gasteiger partial charge on any atom is -0.504 e. The molecule has 1 aromatic carbocycles. The number of ketones is 1. The Morgan fingerprint density at radius 1 is 1.38 bits per heavy atom. The van der Waals surface area contributed by atoms with Crippen LogP contribution in [0.15, 0.2) is 35.2 Å². The average Bonchev–Trinajstić information content (AvgIpc) is 2.93. The van der Waals surface area contributed by atoms with Gasteiger partial charge in [0, 0.05) is 12.1 Å². The third-order valence-electron chi connectivity index (χ3n) is 2.43. The van der Waals surface area contributed by atoms with Crippen LogP contribution < -0.4 is 5.32 Å². The molecule has 0 amide bonds. The number of carbonyl (C=O) groups excluding carboxylic acids is 1. The van der Waals surface area contributed by atoms with E-state index in [-0.39, 0.29) is 23.0 Å². The van der Waals surface area contributed by atoms with E-state index in [9.17, 15) is 15.0 Å². The number of phenolic OH excluding ortho intramolecular Hbond substituents is 2. The van der Waals surface area contributed by atoms with Gasteiger partial charge in [0.25, 0.3) is 0 Å². The average molecular weight is 323 g/mol. The number of hydrogen-bond donors (Lipinski definition) is 3. The summed E-state index contributed by atoms with van der Waals surface area (Å²) in [6.07, 6.45) is 1.72. The fourth-order valence-electron chi connectivity index (χ4n) is 1.41. The summed E-state index contributed by atoms with van der Waals surface area (Å²) in [4.78, 5) is 12.0. The number of aromatic nitrogens is 2.